The van der Waals surface area contributed by atoms with Crippen molar-refractivity contribution < 1.29 is 22.7 Å². The van der Waals surface area contributed by atoms with Gasteiger partial charge in [0.05, 0.1) is 10.6 Å². The van der Waals surface area contributed by atoms with Gasteiger partial charge in [-0.05, 0) is 56.7 Å². The topological polar surface area (TPSA) is 84.9 Å². The van der Waals surface area contributed by atoms with Crippen LogP contribution in [0.25, 0.3) is 0 Å². The highest BCUT2D eigenvalue weighted by atomic mass is 32.2. The number of fused-ring (bicyclic) bond motifs is 1. The molecule has 3 aromatic rings. The molecule has 32 heavy (non-hydrogen) atoms. The van der Waals surface area contributed by atoms with E-state index in [4.69, 9.17) is 9.47 Å². The summed E-state index contributed by atoms with van der Waals surface area (Å²) in [7, 11) is -3.98. The summed E-state index contributed by atoms with van der Waals surface area (Å²) in [6, 6.07) is 17.1. The molecule has 1 aliphatic rings. The fraction of sp³-hybridized carbons (Fsp3) is 0.208. The number of carbonyl (C=O) groups is 1. The summed E-state index contributed by atoms with van der Waals surface area (Å²) < 4.78 is 38.8. The van der Waals surface area contributed by atoms with Gasteiger partial charge >= 0.3 is 0 Å². The van der Waals surface area contributed by atoms with Crippen molar-refractivity contribution in [2.24, 2.45) is 0 Å². The van der Waals surface area contributed by atoms with Crippen molar-refractivity contribution in [1.82, 2.24) is 0 Å². The maximum Gasteiger partial charge on any atom is 0.264 e. The highest BCUT2D eigenvalue weighted by Crippen LogP contribution is 2.34. The molecule has 0 fully saturated rings. The van der Waals surface area contributed by atoms with E-state index in [2.05, 4.69) is 5.32 Å². The molecule has 0 aromatic heterocycles. The number of nitrogens with one attached hydrogen (secondary N) is 1. The van der Waals surface area contributed by atoms with Crippen LogP contribution in [0.15, 0.2) is 65.6 Å². The molecule has 1 N–H and O–H groups in total. The van der Waals surface area contributed by atoms with Crippen molar-refractivity contribution >= 4 is 27.3 Å². The summed E-state index contributed by atoms with van der Waals surface area (Å²) in [5.74, 6) is 0.655. The Labute approximate surface area is 187 Å². The fourth-order valence-electron chi connectivity index (χ4n) is 3.53. The predicted octanol–water partition coefficient (Wildman–Crippen LogP) is 4.17. The summed E-state index contributed by atoms with van der Waals surface area (Å²) in [6.45, 7) is 5.39. The minimum absolute atomic E-state index is 0.124. The van der Waals surface area contributed by atoms with Gasteiger partial charge in [-0.2, -0.15) is 0 Å². The van der Waals surface area contributed by atoms with Crippen LogP contribution in [0.4, 0.5) is 11.4 Å². The first kappa shape index (κ1) is 21.7. The summed E-state index contributed by atoms with van der Waals surface area (Å²) in [6.07, 6.45) is 0. The van der Waals surface area contributed by atoms with Crippen molar-refractivity contribution in [2.45, 2.75) is 25.7 Å². The minimum atomic E-state index is -3.98. The molecule has 0 saturated carbocycles. The molecule has 1 heterocycles. The molecule has 1 amide bonds. The van der Waals surface area contributed by atoms with Crippen molar-refractivity contribution in [3.63, 3.8) is 0 Å². The SMILES string of the molecule is Cc1ccc(S(=O)(=O)N(CC(=O)Nc2ccc3c(c2)OCO3)c2ccc(C)cc2C)cc1. The summed E-state index contributed by atoms with van der Waals surface area (Å²) in [5.41, 5.74) is 3.66. The second-order valence-corrected chi connectivity index (χ2v) is 9.59. The van der Waals surface area contributed by atoms with Gasteiger partial charge in [0.2, 0.25) is 12.7 Å². The Kier molecular flexibility index (Phi) is 5.80. The fourth-order valence-corrected chi connectivity index (χ4v) is 5.01. The van der Waals surface area contributed by atoms with Gasteiger partial charge in [0.1, 0.15) is 6.54 Å². The van der Waals surface area contributed by atoms with Crippen LogP contribution in [0.3, 0.4) is 0 Å². The molecule has 0 aliphatic carbocycles. The standard InChI is InChI=1S/C24H24N2O5S/c1-16-4-8-20(9-5-16)32(28,29)26(21-10-6-17(2)12-18(21)3)14-24(27)25-19-7-11-22-23(13-19)31-15-30-22/h4-13H,14-15H2,1-3H3,(H,25,27). The van der Waals surface area contributed by atoms with Crippen molar-refractivity contribution in [2.75, 3.05) is 23.0 Å². The molecule has 0 bridgehead atoms. The van der Waals surface area contributed by atoms with Gasteiger partial charge in [0, 0.05) is 11.8 Å². The molecule has 0 spiro atoms. The van der Waals surface area contributed by atoms with Crippen LogP contribution >= 0.6 is 0 Å². The van der Waals surface area contributed by atoms with Gasteiger partial charge in [-0.3, -0.25) is 9.10 Å². The number of anilines is 2. The van der Waals surface area contributed by atoms with E-state index >= 15 is 0 Å². The zero-order valence-corrected chi connectivity index (χ0v) is 18.9. The van der Waals surface area contributed by atoms with Gasteiger partial charge in [0.15, 0.2) is 11.5 Å². The lowest BCUT2D eigenvalue weighted by atomic mass is 10.1. The monoisotopic (exact) mass is 452 g/mol. The Bertz CT molecular complexity index is 1270. The van der Waals surface area contributed by atoms with Crippen LogP contribution in [0.1, 0.15) is 16.7 Å². The highest BCUT2D eigenvalue weighted by molar-refractivity contribution is 7.92. The van der Waals surface area contributed by atoms with Gasteiger partial charge in [0.25, 0.3) is 10.0 Å². The summed E-state index contributed by atoms with van der Waals surface area (Å²) >= 11 is 0. The molecule has 7 nitrogen and oxygen atoms in total. The van der Waals surface area contributed by atoms with Crippen LogP contribution in [0.5, 0.6) is 11.5 Å². The lowest BCUT2D eigenvalue weighted by Crippen LogP contribution is -2.38. The third-order valence-electron chi connectivity index (χ3n) is 5.17. The second-order valence-electron chi connectivity index (χ2n) is 7.73. The smallest absolute Gasteiger partial charge is 0.264 e. The quantitative estimate of drug-likeness (QED) is 0.607. The normalized spacial score (nSPS) is 12.5. The number of sulfonamides is 1. The molecule has 0 unspecified atom stereocenters. The van der Waals surface area contributed by atoms with E-state index in [9.17, 15) is 13.2 Å². The number of ether oxygens (including phenoxy) is 2. The molecule has 3 aromatic carbocycles. The molecular formula is C24H24N2O5S. The number of hydrogen-bond acceptors (Lipinski definition) is 5. The van der Waals surface area contributed by atoms with E-state index in [0.717, 1.165) is 21.0 Å². The number of rotatable bonds is 6. The first-order valence-electron chi connectivity index (χ1n) is 10.1. The van der Waals surface area contributed by atoms with Gasteiger partial charge in [-0.1, -0.05) is 35.4 Å². The summed E-state index contributed by atoms with van der Waals surface area (Å²) in [4.78, 5) is 13.0. The predicted molar refractivity (Wildman–Crippen MR) is 123 cm³/mol. The molecule has 8 heteroatoms. The Morgan fingerprint density at radius 2 is 1.59 bits per heavy atom. The van der Waals surface area contributed by atoms with Gasteiger partial charge < -0.3 is 14.8 Å². The number of benzene rings is 3. The maximum atomic E-state index is 13.5. The molecule has 0 saturated heterocycles. The Hall–Kier alpha value is -3.52. The van der Waals surface area contributed by atoms with Crippen LogP contribution in [0.2, 0.25) is 0 Å². The largest absolute Gasteiger partial charge is 0.454 e. The van der Waals surface area contributed by atoms with Crippen molar-refractivity contribution in [1.29, 1.82) is 0 Å². The molecule has 4 rings (SSSR count). The molecule has 1 aliphatic heterocycles. The van der Waals surface area contributed by atoms with Crippen molar-refractivity contribution in [3.8, 4) is 11.5 Å². The number of hydrogen-bond donors (Lipinski definition) is 1. The van der Waals surface area contributed by atoms with Gasteiger partial charge in [-0.15, -0.1) is 0 Å². The lowest BCUT2D eigenvalue weighted by Gasteiger charge is -2.26. The third-order valence-corrected chi connectivity index (χ3v) is 6.95. The molecule has 166 valence electrons. The van der Waals surface area contributed by atoms with E-state index in [1.165, 1.54) is 0 Å². The van der Waals surface area contributed by atoms with Crippen LogP contribution in [0, 0.1) is 20.8 Å². The Balaban J connectivity index is 1.66. The third kappa shape index (κ3) is 4.40. The van der Waals surface area contributed by atoms with Crippen LogP contribution in [-0.2, 0) is 14.8 Å². The van der Waals surface area contributed by atoms with Crippen molar-refractivity contribution in [3.05, 3.63) is 77.4 Å². The first-order valence-corrected chi connectivity index (χ1v) is 11.5. The Morgan fingerprint density at radius 1 is 0.906 bits per heavy atom. The lowest BCUT2D eigenvalue weighted by molar-refractivity contribution is -0.114. The number of aryl methyl sites for hydroxylation is 3. The van der Waals surface area contributed by atoms with Crippen LogP contribution < -0.4 is 19.1 Å². The van der Waals surface area contributed by atoms with E-state index in [-0.39, 0.29) is 18.2 Å². The number of carbonyl (C=O) groups excluding carboxylic acids is 1. The minimum Gasteiger partial charge on any atom is -0.454 e. The van der Waals surface area contributed by atoms with Crippen LogP contribution in [-0.4, -0.2) is 27.7 Å². The highest BCUT2D eigenvalue weighted by Gasteiger charge is 2.28. The van der Waals surface area contributed by atoms with E-state index in [1.54, 1.807) is 48.5 Å². The van der Waals surface area contributed by atoms with E-state index < -0.39 is 15.9 Å². The van der Waals surface area contributed by atoms with E-state index in [1.807, 2.05) is 32.9 Å². The number of amides is 1. The average molecular weight is 453 g/mol. The molecular weight excluding hydrogens is 428 g/mol. The molecule has 0 radical (unpaired) electrons. The number of nitrogens with zero attached hydrogens (tertiary/aromatic N) is 1. The molecule has 0 atom stereocenters. The first-order chi connectivity index (χ1) is 15.2. The maximum absolute atomic E-state index is 13.5. The van der Waals surface area contributed by atoms with Gasteiger partial charge in [-0.25, -0.2) is 8.42 Å². The second kappa shape index (κ2) is 8.55. The van der Waals surface area contributed by atoms with E-state index in [0.29, 0.717) is 22.9 Å². The zero-order chi connectivity index (χ0) is 22.9. The Morgan fingerprint density at radius 3 is 2.31 bits per heavy atom. The zero-order valence-electron chi connectivity index (χ0n) is 18.1. The average Bonchev–Trinajstić information content (AvgIpc) is 3.21. The summed E-state index contributed by atoms with van der Waals surface area (Å²) in [5, 5.41) is 2.75.